The van der Waals surface area contributed by atoms with E-state index >= 15 is 0 Å². The Kier molecular flexibility index (Phi) is 3.87. The normalized spacial score (nSPS) is 13.8. The third-order valence-corrected chi connectivity index (χ3v) is 4.85. The molecule has 0 bridgehead atoms. The number of fused-ring (bicyclic) bond motifs is 2. The first kappa shape index (κ1) is 16.0. The maximum absolute atomic E-state index is 13.4. The summed E-state index contributed by atoms with van der Waals surface area (Å²) in [4.78, 5) is 7.73. The Balaban J connectivity index is 1.46. The van der Waals surface area contributed by atoms with Crippen molar-refractivity contribution >= 4 is 11.0 Å². The number of hydrogen-bond acceptors (Lipinski definition) is 3. The molecule has 5 heteroatoms. The molecule has 2 heterocycles. The molecule has 5 rings (SSSR count). The van der Waals surface area contributed by atoms with Gasteiger partial charge in [0.15, 0.2) is 0 Å². The Morgan fingerprint density at radius 1 is 0.889 bits per heavy atom. The van der Waals surface area contributed by atoms with E-state index in [0.717, 1.165) is 46.9 Å². The highest BCUT2D eigenvalue weighted by Crippen LogP contribution is 2.29. The van der Waals surface area contributed by atoms with E-state index in [1.165, 1.54) is 17.7 Å². The van der Waals surface area contributed by atoms with Crippen molar-refractivity contribution in [2.75, 3.05) is 13.2 Å². The van der Waals surface area contributed by atoms with Gasteiger partial charge in [-0.2, -0.15) is 0 Å². The van der Waals surface area contributed by atoms with Crippen LogP contribution in [-0.4, -0.2) is 23.1 Å². The van der Waals surface area contributed by atoms with Crippen molar-refractivity contribution in [1.82, 2.24) is 15.3 Å². The number of H-pyrrole nitrogens is 1. The summed E-state index contributed by atoms with van der Waals surface area (Å²) in [7, 11) is 0. The molecule has 0 radical (unpaired) electrons. The number of rotatable bonds is 2. The molecule has 4 aromatic rings. The molecule has 2 N–H and O–H groups in total. The standard InChI is InChI=1S/C22H18FN3O/c23-18-6-7-19-20(12-18)26-22(25-19)15-3-1-14(2-4-15)16-5-8-21-17(11-16)13-24-9-10-27-21/h1-8,11-12,24H,9-10,13H2,(H,25,26). The van der Waals surface area contributed by atoms with Gasteiger partial charge in [0.05, 0.1) is 11.0 Å². The van der Waals surface area contributed by atoms with E-state index in [1.54, 1.807) is 6.07 Å². The quantitative estimate of drug-likeness (QED) is 0.553. The van der Waals surface area contributed by atoms with Gasteiger partial charge in [0.25, 0.3) is 0 Å². The van der Waals surface area contributed by atoms with Gasteiger partial charge in [-0.25, -0.2) is 9.37 Å². The van der Waals surface area contributed by atoms with E-state index in [4.69, 9.17) is 4.74 Å². The van der Waals surface area contributed by atoms with Crippen LogP contribution in [0.15, 0.2) is 60.7 Å². The van der Waals surface area contributed by atoms with Gasteiger partial charge in [0.2, 0.25) is 0 Å². The zero-order valence-corrected chi connectivity index (χ0v) is 14.6. The molecule has 1 aliphatic rings. The fraction of sp³-hybridized carbons (Fsp3) is 0.136. The fourth-order valence-electron chi connectivity index (χ4n) is 3.43. The number of aromatic nitrogens is 2. The fourth-order valence-corrected chi connectivity index (χ4v) is 3.43. The maximum atomic E-state index is 13.4. The van der Waals surface area contributed by atoms with Gasteiger partial charge >= 0.3 is 0 Å². The molecule has 0 atom stereocenters. The van der Waals surface area contributed by atoms with Gasteiger partial charge in [-0.1, -0.05) is 30.3 Å². The first-order valence-electron chi connectivity index (χ1n) is 8.99. The molecular weight excluding hydrogens is 341 g/mol. The van der Waals surface area contributed by atoms with Crippen molar-refractivity contribution in [3.05, 3.63) is 72.0 Å². The van der Waals surface area contributed by atoms with Gasteiger partial charge in [-0.05, 0) is 41.5 Å². The van der Waals surface area contributed by atoms with Crippen LogP contribution in [0, 0.1) is 5.82 Å². The monoisotopic (exact) mass is 359 g/mol. The molecule has 0 unspecified atom stereocenters. The van der Waals surface area contributed by atoms with Crippen molar-refractivity contribution in [2.24, 2.45) is 0 Å². The molecule has 27 heavy (non-hydrogen) atoms. The number of halogens is 1. The Morgan fingerprint density at radius 3 is 2.59 bits per heavy atom. The molecule has 0 amide bonds. The Morgan fingerprint density at radius 2 is 1.70 bits per heavy atom. The molecule has 4 nitrogen and oxygen atoms in total. The Labute approximate surface area is 156 Å². The van der Waals surface area contributed by atoms with Crippen molar-refractivity contribution < 1.29 is 9.13 Å². The number of nitrogens with zero attached hydrogens (tertiary/aromatic N) is 1. The molecule has 3 aromatic carbocycles. The maximum Gasteiger partial charge on any atom is 0.138 e. The predicted molar refractivity (Wildman–Crippen MR) is 104 cm³/mol. The Bertz CT molecular complexity index is 1120. The van der Waals surface area contributed by atoms with Crippen molar-refractivity contribution in [1.29, 1.82) is 0 Å². The van der Waals surface area contributed by atoms with Crippen LogP contribution in [-0.2, 0) is 6.54 Å². The average molecular weight is 359 g/mol. The van der Waals surface area contributed by atoms with E-state index in [2.05, 4.69) is 39.6 Å². The molecule has 0 spiro atoms. The second-order valence-corrected chi connectivity index (χ2v) is 6.67. The topological polar surface area (TPSA) is 49.9 Å². The van der Waals surface area contributed by atoms with Crippen LogP contribution in [0.2, 0.25) is 0 Å². The molecule has 1 aromatic heterocycles. The van der Waals surface area contributed by atoms with Gasteiger partial charge in [0.1, 0.15) is 24.0 Å². The largest absolute Gasteiger partial charge is 0.492 e. The first-order chi connectivity index (χ1) is 13.3. The van der Waals surface area contributed by atoms with Crippen LogP contribution in [0.4, 0.5) is 4.39 Å². The van der Waals surface area contributed by atoms with Gasteiger partial charge in [0, 0.05) is 24.2 Å². The van der Waals surface area contributed by atoms with Crippen LogP contribution >= 0.6 is 0 Å². The minimum atomic E-state index is -0.269. The van der Waals surface area contributed by atoms with E-state index in [1.807, 2.05) is 18.2 Å². The van der Waals surface area contributed by atoms with E-state index in [9.17, 15) is 4.39 Å². The van der Waals surface area contributed by atoms with Crippen LogP contribution in [0.1, 0.15) is 5.56 Å². The molecule has 0 fully saturated rings. The van der Waals surface area contributed by atoms with Crippen LogP contribution in [0.25, 0.3) is 33.5 Å². The van der Waals surface area contributed by atoms with Gasteiger partial charge < -0.3 is 15.0 Å². The SMILES string of the molecule is Fc1ccc2nc(-c3ccc(-c4ccc5c(c4)CNCCO5)cc3)[nH]c2c1. The number of hydrogen-bond donors (Lipinski definition) is 2. The summed E-state index contributed by atoms with van der Waals surface area (Å²) in [6.45, 7) is 2.37. The number of imidazole rings is 1. The minimum absolute atomic E-state index is 0.269. The highest BCUT2D eigenvalue weighted by molar-refractivity contribution is 5.80. The zero-order valence-electron chi connectivity index (χ0n) is 14.6. The first-order valence-corrected chi connectivity index (χ1v) is 8.99. The number of ether oxygens (including phenoxy) is 1. The number of benzene rings is 3. The molecule has 0 saturated heterocycles. The minimum Gasteiger partial charge on any atom is -0.492 e. The lowest BCUT2D eigenvalue weighted by Crippen LogP contribution is -2.16. The van der Waals surface area contributed by atoms with Crippen molar-refractivity contribution in [2.45, 2.75) is 6.54 Å². The van der Waals surface area contributed by atoms with Crippen LogP contribution < -0.4 is 10.1 Å². The molecular formula is C22H18FN3O. The lowest BCUT2D eigenvalue weighted by molar-refractivity contribution is 0.326. The lowest BCUT2D eigenvalue weighted by Gasteiger charge is -2.09. The molecule has 134 valence electrons. The zero-order chi connectivity index (χ0) is 18.2. The van der Waals surface area contributed by atoms with Crippen molar-refractivity contribution in [3.63, 3.8) is 0 Å². The summed E-state index contributed by atoms with van der Waals surface area (Å²) in [6, 6.07) is 19.1. The Hall–Kier alpha value is -3.18. The molecule has 1 aliphatic heterocycles. The third-order valence-electron chi connectivity index (χ3n) is 4.85. The van der Waals surface area contributed by atoms with Crippen LogP contribution in [0.3, 0.4) is 0 Å². The highest BCUT2D eigenvalue weighted by atomic mass is 19.1. The van der Waals surface area contributed by atoms with E-state index < -0.39 is 0 Å². The second kappa shape index (κ2) is 6.52. The summed E-state index contributed by atoms with van der Waals surface area (Å²) in [5.74, 6) is 1.42. The summed E-state index contributed by atoms with van der Waals surface area (Å²) in [6.07, 6.45) is 0. The summed E-state index contributed by atoms with van der Waals surface area (Å²) in [5.41, 5.74) is 5.89. The lowest BCUT2D eigenvalue weighted by atomic mass is 10.0. The number of nitrogens with one attached hydrogen (secondary N) is 2. The predicted octanol–water partition coefficient (Wildman–Crippen LogP) is 4.52. The smallest absolute Gasteiger partial charge is 0.138 e. The molecule has 0 aliphatic carbocycles. The third kappa shape index (κ3) is 3.06. The summed E-state index contributed by atoms with van der Waals surface area (Å²) < 4.78 is 19.1. The van der Waals surface area contributed by atoms with E-state index in [-0.39, 0.29) is 5.82 Å². The van der Waals surface area contributed by atoms with Crippen LogP contribution in [0.5, 0.6) is 5.75 Å². The average Bonchev–Trinajstić information content (AvgIpc) is 2.97. The van der Waals surface area contributed by atoms with Gasteiger partial charge in [-0.3, -0.25) is 0 Å². The number of aromatic amines is 1. The highest BCUT2D eigenvalue weighted by Gasteiger charge is 2.11. The second-order valence-electron chi connectivity index (χ2n) is 6.67. The van der Waals surface area contributed by atoms with Crippen molar-refractivity contribution in [3.8, 4) is 28.3 Å². The summed E-state index contributed by atoms with van der Waals surface area (Å²) >= 11 is 0. The van der Waals surface area contributed by atoms with Gasteiger partial charge in [-0.15, -0.1) is 0 Å². The van der Waals surface area contributed by atoms with E-state index in [0.29, 0.717) is 12.1 Å². The summed E-state index contributed by atoms with van der Waals surface area (Å²) in [5, 5.41) is 3.37. The molecule has 0 saturated carbocycles.